The number of para-hydroxylation sites is 1. The normalized spacial score (nSPS) is 15.3. The van der Waals surface area contributed by atoms with Gasteiger partial charge in [0.15, 0.2) is 5.69 Å². The number of rotatable bonds is 3. The predicted molar refractivity (Wildman–Crippen MR) is 88.7 cm³/mol. The molecule has 0 unspecified atom stereocenters. The van der Waals surface area contributed by atoms with Crippen LogP contribution >= 0.6 is 0 Å². The average Bonchev–Trinajstić information content (AvgIpc) is 2.58. The molecule has 9 heteroatoms. The first-order chi connectivity index (χ1) is 12.4. The van der Waals surface area contributed by atoms with Crippen LogP contribution in [0.3, 0.4) is 0 Å². The largest absolute Gasteiger partial charge is 0.435 e. The Hall–Kier alpha value is -2.97. The Kier molecular flexibility index (Phi) is 3.86. The highest BCUT2D eigenvalue weighted by Gasteiger charge is 2.34. The molecule has 1 aromatic carbocycles. The molecule has 0 aliphatic carbocycles. The smallest absolute Gasteiger partial charge is 0.355 e. The lowest BCUT2D eigenvalue weighted by molar-refractivity contribution is -0.142. The van der Waals surface area contributed by atoms with E-state index in [-0.39, 0.29) is 12.5 Å². The minimum Gasteiger partial charge on any atom is -0.355 e. The predicted octanol–water partition coefficient (Wildman–Crippen LogP) is 2.34. The Morgan fingerprint density at radius 1 is 1.08 bits per heavy atom. The molecule has 1 fully saturated rings. The first-order valence-corrected chi connectivity index (χ1v) is 8.02. The summed E-state index contributed by atoms with van der Waals surface area (Å²) in [7, 11) is 0. The summed E-state index contributed by atoms with van der Waals surface area (Å²) in [5, 5.41) is 4.37. The Morgan fingerprint density at radius 3 is 2.62 bits per heavy atom. The SMILES string of the molecule is O=c1ccc(C(F)(F)F)nn1CC1CN(c2ncnc3ccccc23)C1. The van der Waals surface area contributed by atoms with Crippen molar-refractivity contribution in [2.45, 2.75) is 12.7 Å². The Balaban J connectivity index is 1.50. The summed E-state index contributed by atoms with van der Waals surface area (Å²) in [5.41, 5.74) is -0.768. The third kappa shape index (κ3) is 3.00. The van der Waals surface area contributed by atoms with Gasteiger partial charge in [0.05, 0.1) is 12.1 Å². The molecule has 0 atom stereocenters. The highest BCUT2D eigenvalue weighted by molar-refractivity contribution is 5.89. The molecule has 0 radical (unpaired) electrons. The van der Waals surface area contributed by atoms with Gasteiger partial charge < -0.3 is 4.90 Å². The van der Waals surface area contributed by atoms with E-state index in [0.717, 1.165) is 27.5 Å². The number of nitrogens with zero attached hydrogens (tertiary/aromatic N) is 5. The first kappa shape index (κ1) is 16.5. The average molecular weight is 361 g/mol. The molecule has 26 heavy (non-hydrogen) atoms. The summed E-state index contributed by atoms with van der Waals surface area (Å²) in [6, 6.07) is 9.23. The lowest BCUT2D eigenvalue weighted by atomic mass is 9.99. The van der Waals surface area contributed by atoms with E-state index in [1.165, 1.54) is 6.33 Å². The number of halogens is 3. The number of anilines is 1. The molecule has 1 saturated heterocycles. The van der Waals surface area contributed by atoms with Crippen LogP contribution in [0.25, 0.3) is 10.9 Å². The Morgan fingerprint density at radius 2 is 1.85 bits per heavy atom. The monoisotopic (exact) mass is 361 g/mol. The van der Waals surface area contributed by atoms with Crippen LogP contribution in [0, 0.1) is 5.92 Å². The van der Waals surface area contributed by atoms with Crippen LogP contribution in [0.5, 0.6) is 0 Å². The van der Waals surface area contributed by atoms with Gasteiger partial charge in [0.25, 0.3) is 5.56 Å². The van der Waals surface area contributed by atoms with Crippen LogP contribution in [0.15, 0.2) is 47.5 Å². The maximum atomic E-state index is 12.8. The molecule has 3 heterocycles. The van der Waals surface area contributed by atoms with E-state index in [4.69, 9.17) is 0 Å². The number of aromatic nitrogens is 4. The van der Waals surface area contributed by atoms with Gasteiger partial charge in [0, 0.05) is 30.5 Å². The van der Waals surface area contributed by atoms with Crippen LogP contribution in [-0.4, -0.2) is 32.8 Å². The van der Waals surface area contributed by atoms with Crippen molar-refractivity contribution in [3.63, 3.8) is 0 Å². The highest BCUT2D eigenvalue weighted by Crippen LogP contribution is 2.30. The molecule has 3 aromatic rings. The fourth-order valence-electron chi connectivity index (χ4n) is 3.08. The quantitative estimate of drug-likeness (QED) is 0.717. The first-order valence-electron chi connectivity index (χ1n) is 8.02. The summed E-state index contributed by atoms with van der Waals surface area (Å²) in [6.07, 6.45) is -3.08. The third-order valence-corrected chi connectivity index (χ3v) is 4.37. The van der Waals surface area contributed by atoms with E-state index in [1.54, 1.807) is 0 Å². The lowest BCUT2D eigenvalue weighted by Crippen LogP contribution is -2.50. The summed E-state index contributed by atoms with van der Waals surface area (Å²) in [5.74, 6) is 0.814. The fraction of sp³-hybridized carbons (Fsp3) is 0.294. The number of hydrogen-bond acceptors (Lipinski definition) is 5. The fourth-order valence-corrected chi connectivity index (χ4v) is 3.08. The number of alkyl halides is 3. The van der Waals surface area contributed by atoms with Gasteiger partial charge in [0.2, 0.25) is 0 Å². The number of hydrogen-bond donors (Lipinski definition) is 0. The molecule has 0 N–H and O–H groups in total. The lowest BCUT2D eigenvalue weighted by Gasteiger charge is -2.40. The third-order valence-electron chi connectivity index (χ3n) is 4.37. The Bertz CT molecular complexity index is 1010. The summed E-state index contributed by atoms with van der Waals surface area (Å²) in [4.78, 5) is 22.4. The molecule has 0 saturated carbocycles. The molecule has 6 nitrogen and oxygen atoms in total. The summed E-state index contributed by atoms with van der Waals surface area (Å²) < 4.78 is 39.2. The Labute approximate surface area is 145 Å². The molecule has 134 valence electrons. The second-order valence-electron chi connectivity index (χ2n) is 6.22. The maximum absolute atomic E-state index is 12.8. The molecule has 0 bridgehead atoms. The van der Waals surface area contributed by atoms with Crippen molar-refractivity contribution < 1.29 is 13.2 Å². The molecule has 0 amide bonds. The van der Waals surface area contributed by atoms with E-state index >= 15 is 0 Å². The van der Waals surface area contributed by atoms with Crippen molar-refractivity contribution in [1.29, 1.82) is 0 Å². The van der Waals surface area contributed by atoms with Gasteiger partial charge in [-0.1, -0.05) is 12.1 Å². The minimum atomic E-state index is -4.57. The molecule has 1 aliphatic heterocycles. The molecule has 0 spiro atoms. The van der Waals surface area contributed by atoms with Crippen LogP contribution in [0.4, 0.5) is 19.0 Å². The van der Waals surface area contributed by atoms with Crippen molar-refractivity contribution in [3.8, 4) is 0 Å². The van der Waals surface area contributed by atoms with Crippen molar-refractivity contribution in [2.75, 3.05) is 18.0 Å². The number of fused-ring (bicyclic) bond motifs is 1. The van der Waals surface area contributed by atoms with Gasteiger partial charge in [0.1, 0.15) is 12.1 Å². The van der Waals surface area contributed by atoms with E-state index in [9.17, 15) is 18.0 Å². The highest BCUT2D eigenvalue weighted by atomic mass is 19.4. The second-order valence-corrected chi connectivity index (χ2v) is 6.22. The van der Waals surface area contributed by atoms with Gasteiger partial charge in [-0.25, -0.2) is 14.6 Å². The van der Waals surface area contributed by atoms with Crippen molar-refractivity contribution in [2.24, 2.45) is 5.92 Å². The zero-order valence-corrected chi connectivity index (χ0v) is 13.5. The molecule has 1 aliphatic rings. The van der Waals surface area contributed by atoms with Crippen LogP contribution in [0.2, 0.25) is 0 Å². The van der Waals surface area contributed by atoms with E-state index < -0.39 is 17.4 Å². The molecular formula is C17H14F3N5O. The van der Waals surface area contributed by atoms with Crippen molar-refractivity contribution in [3.05, 3.63) is 58.8 Å². The van der Waals surface area contributed by atoms with Gasteiger partial charge in [-0.3, -0.25) is 4.79 Å². The molecular weight excluding hydrogens is 347 g/mol. The number of benzene rings is 1. The maximum Gasteiger partial charge on any atom is 0.435 e. The van der Waals surface area contributed by atoms with E-state index in [0.29, 0.717) is 19.2 Å². The van der Waals surface area contributed by atoms with Gasteiger partial charge in [-0.15, -0.1) is 0 Å². The standard InChI is InChI=1S/C17H14F3N5O/c18-17(19,20)14-5-6-15(26)25(23-14)9-11-7-24(8-11)16-12-3-1-2-4-13(12)21-10-22-16/h1-6,10-11H,7-9H2. The van der Waals surface area contributed by atoms with Gasteiger partial charge in [-0.05, 0) is 18.2 Å². The second kappa shape index (κ2) is 6.08. The van der Waals surface area contributed by atoms with Crippen molar-refractivity contribution >= 4 is 16.7 Å². The van der Waals surface area contributed by atoms with E-state index in [2.05, 4.69) is 15.1 Å². The molecule has 2 aromatic heterocycles. The minimum absolute atomic E-state index is 0.0254. The molecule has 4 rings (SSSR count). The van der Waals surface area contributed by atoms with Gasteiger partial charge >= 0.3 is 6.18 Å². The summed E-state index contributed by atoms with van der Waals surface area (Å²) >= 11 is 0. The summed E-state index contributed by atoms with van der Waals surface area (Å²) in [6.45, 7) is 1.32. The zero-order valence-electron chi connectivity index (χ0n) is 13.5. The zero-order chi connectivity index (χ0) is 18.3. The van der Waals surface area contributed by atoms with Crippen LogP contribution < -0.4 is 10.5 Å². The van der Waals surface area contributed by atoms with Gasteiger partial charge in [-0.2, -0.15) is 18.3 Å². The topological polar surface area (TPSA) is 63.9 Å². The van der Waals surface area contributed by atoms with Crippen LogP contribution in [0.1, 0.15) is 5.69 Å². The van der Waals surface area contributed by atoms with Crippen LogP contribution in [-0.2, 0) is 12.7 Å². The van der Waals surface area contributed by atoms with E-state index in [1.807, 2.05) is 29.2 Å². The van der Waals surface area contributed by atoms with Crippen molar-refractivity contribution in [1.82, 2.24) is 19.7 Å².